The monoisotopic (exact) mass is 260 g/mol. The molecule has 4 nitrogen and oxygen atoms in total. The maximum atomic E-state index is 12.1. The molecule has 1 amide bonds. The van der Waals surface area contributed by atoms with Crippen molar-refractivity contribution in [1.82, 2.24) is 5.32 Å². The Morgan fingerprint density at radius 2 is 2.21 bits per heavy atom. The fourth-order valence-corrected chi connectivity index (χ4v) is 3.10. The van der Waals surface area contributed by atoms with Crippen LogP contribution in [0.4, 0.5) is 10.5 Å². The van der Waals surface area contributed by atoms with Crippen LogP contribution in [0.3, 0.4) is 0 Å². The number of nitrogens with one attached hydrogen (secondary N) is 1. The first-order valence-electron chi connectivity index (χ1n) is 6.99. The van der Waals surface area contributed by atoms with Crippen LogP contribution in [0.5, 0.6) is 0 Å². The molecule has 0 spiro atoms. The molecule has 0 radical (unpaired) electrons. The van der Waals surface area contributed by atoms with Crippen molar-refractivity contribution in [3.63, 3.8) is 0 Å². The Morgan fingerprint density at radius 1 is 1.37 bits per heavy atom. The number of anilines is 1. The van der Waals surface area contributed by atoms with E-state index in [1.807, 2.05) is 36.1 Å². The lowest BCUT2D eigenvalue weighted by Crippen LogP contribution is -2.45. The van der Waals surface area contributed by atoms with E-state index < -0.39 is 0 Å². The van der Waals surface area contributed by atoms with Crippen molar-refractivity contribution in [2.75, 3.05) is 24.6 Å². The first-order valence-corrected chi connectivity index (χ1v) is 6.99. The molecular formula is C15H20N2O2. The average molecular weight is 260 g/mol. The van der Waals surface area contributed by atoms with Crippen LogP contribution in [0, 0.1) is 12.8 Å². The van der Waals surface area contributed by atoms with Gasteiger partial charge in [-0.15, -0.1) is 0 Å². The molecule has 2 fully saturated rings. The van der Waals surface area contributed by atoms with Crippen LogP contribution < -0.4 is 10.2 Å². The molecule has 2 unspecified atom stereocenters. The zero-order valence-corrected chi connectivity index (χ0v) is 11.3. The third-order valence-electron chi connectivity index (χ3n) is 4.16. The Kier molecular flexibility index (Phi) is 3.42. The molecule has 19 heavy (non-hydrogen) atoms. The van der Waals surface area contributed by atoms with Crippen molar-refractivity contribution >= 4 is 11.8 Å². The summed E-state index contributed by atoms with van der Waals surface area (Å²) in [4.78, 5) is 13.9. The van der Waals surface area contributed by atoms with E-state index in [0.29, 0.717) is 12.5 Å². The summed E-state index contributed by atoms with van der Waals surface area (Å²) in [5, 5.41) is 3.42. The maximum Gasteiger partial charge on any atom is 0.414 e. The summed E-state index contributed by atoms with van der Waals surface area (Å²) in [5.41, 5.74) is 2.11. The van der Waals surface area contributed by atoms with Gasteiger partial charge < -0.3 is 10.1 Å². The van der Waals surface area contributed by atoms with Gasteiger partial charge in [0.1, 0.15) is 6.61 Å². The Balaban J connectivity index is 1.88. The van der Waals surface area contributed by atoms with Gasteiger partial charge in [0.25, 0.3) is 0 Å². The summed E-state index contributed by atoms with van der Waals surface area (Å²) < 4.78 is 5.30. The molecule has 1 N–H and O–H groups in total. The van der Waals surface area contributed by atoms with Crippen molar-refractivity contribution in [1.29, 1.82) is 0 Å². The summed E-state index contributed by atoms with van der Waals surface area (Å²) in [7, 11) is 0. The van der Waals surface area contributed by atoms with Crippen LogP contribution in [0.15, 0.2) is 24.3 Å². The third-order valence-corrected chi connectivity index (χ3v) is 4.16. The van der Waals surface area contributed by atoms with Gasteiger partial charge in [0.15, 0.2) is 0 Å². The van der Waals surface area contributed by atoms with E-state index in [1.54, 1.807) is 0 Å². The fourth-order valence-electron chi connectivity index (χ4n) is 3.10. The molecule has 2 atom stereocenters. The molecule has 1 aromatic rings. The number of nitrogens with zero attached hydrogens (tertiary/aromatic N) is 1. The number of piperidine rings is 1. The molecule has 2 heterocycles. The number of rotatable bonds is 2. The first-order chi connectivity index (χ1) is 9.27. The molecule has 2 aliphatic heterocycles. The molecule has 4 heteroatoms. The number of para-hydroxylation sites is 1. The largest absolute Gasteiger partial charge is 0.447 e. The standard InChI is InChI=1S/C15H20N2O2/c1-11-5-2-3-7-13(11)17-14(10-19-15(17)18)12-6-4-8-16-9-12/h2-3,5,7,12,14,16H,4,6,8-10H2,1H3. The van der Waals surface area contributed by atoms with Gasteiger partial charge in [-0.25, -0.2) is 4.79 Å². The summed E-state index contributed by atoms with van der Waals surface area (Å²) in [5.74, 6) is 0.486. The van der Waals surface area contributed by atoms with Crippen LogP contribution >= 0.6 is 0 Å². The van der Waals surface area contributed by atoms with E-state index in [-0.39, 0.29) is 12.1 Å². The second-order valence-corrected chi connectivity index (χ2v) is 5.41. The third kappa shape index (κ3) is 2.32. The Bertz CT molecular complexity index is 469. The van der Waals surface area contributed by atoms with Gasteiger partial charge in [0.2, 0.25) is 0 Å². The molecule has 1 aromatic carbocycles. The highest BCUT2D eigenvalue weighted by atomic mass is 16.6. The SMILES string of the molecule is Cc1ccccc1N1C(=O)OCC1C1CCCNC1. The Labute approximate surface area is 113 Å². The minimum absolute atomic E-state index is 0.168. The highest BCUT2D eigenvalue weighted by Crippen LogP contribution is 2.31. The van der Waals surface area contributed by atoms with Gasteiger partial charge in [-0.3, -0.25) is 4.90 Å². The number of aryl methyl sites for hydroxylation is 1. The molecule has 0 aromatic heterocycles. The number of hydrogen-bond donors (Lipinski definition) is 1. The topological polar surface area (TPSA) is 41.6 Å². The summed E-state index contributed by atoms with van der Waals surface area (Å²) >= 11 is 0. The van der Waals surface area contributed by atoms with Crippen molar-refractivity contribution in [2.24, 2.45) is 5.92 Å². The van der Waals surface area contributed by atoms with Crippen LogP contribution in [-0.2, 0) is 4.74 Å². The summed E-state index contributed by atoms with van der Waals surface area (Å²) in [6.07, 6.45) is 2.14. The summed E-state index contributed by atoms with van der Waals surface area (Å²) in [6.45, 7) is 4.61. The number of hydrogen-bond acceptors (Lipinski definition) is 3. The number of cyclic esters (lactones) is 1. The molecule has 0 bridgehead atoms. The summed E-state index contributed by atoms with van der Waals surface area (Å²) in [6, 6.07) is 8.19. The van der Waals surface area contributed by atoms with Crippen LogP contribution in [-0.4, -0.2) is 31.8 Å². The van der Waals surface area contributed by atoms with E-state index in [4.69, 9.17) is 4.74 Å². The highest BCUT2D eigenvalue weighted by molar-refractivity contribution is 5.91. The lowest BCUT2D eigenvalue weighted by atomic mass is 9.91. The normalized spacial score (nSPS) is 27.4. The fraction of sp³-hybridized carbons (Fsp3) is 0.533. The van der Waals surface area contributed by atoms with Gasteiger partial charge in [0, 0.05) is 6.54 Å². The molecule has 2 saturated heterocycles. The molecule has 2 aliphatic rings. The molecular weight excluding hydrogens is 240 g/mol. The van der Waals surface area contributed by atoms with E-state index in [9.17, 15) is 4.79 Å². The van der Waals surface area contributed by atoms with Gasteiger partial charge >= 0.3 is 6.09 Å². The van der Waals surface area contributed by atoms with Gasteiger partial charge in [-0.05, 0) is 43.9 Å². The second kappa shape index (κ2) is 5.21. The number of benzene rings is 1. The van der Waals surface area contributed by atoms with E-state index >= 15 is 0 Å². The Morgan fingerprint density at radius 3 is 2.95 bits per heavy atom. The van der Waals surface area contributed by atoms with Crippen molar-refractivity contribution < 1.29 is 9.53 Å². The van der Waals surface area contributed by atoms with E-state index in [1.165, 1.54) is 6.42 Å². The molecule has 3 rings (SSSR count). The van der Waals surface area contributed by atoms with Gasteiger partial charge in [-0.2, -0.15) is 0 Å². The van der Waals surface area contributed by atoms with E-state index in [0.717, 1.165) is 30.8 Å². The minimum atomic E-state index is -0.204. The second-order valence-electron chi connectivity index (χ2n) is 5.41. The number of carbonyl (C=O) groups is 1. The number of ether oxygens (including phenoxy) is 1. The lowest BCUT2D eigenvalue weighted by molar-refractivity contribution is 0.174. The van der Waals surface area contributed by atoms with Crippen LogP contribution in [0.1, 0.15) is 18.4 Å². The smallest absolute Gasteiger partial charge is 0.414 e. The molecule has 0 saturated carbocycles. The predicted molar refractivity (Wildman–Crippen MR) is 74.4 cm³/mol. The lowest BCUT2D eigenvalue weighted by Gasteiger charge is -2.32. The van der Waals surface area contributed by atoms with Gasteiger partial charge in [-0.1, -0.05) is 18.2 Å². The van der Waals surface area contributed by atoms with E-state index in [2.05, 4.69) is 5.32 Å². The maximum absolute atomic E-state index is 12.1. The first kappa shape index (κ1) is 12.5. The van der Waals surface area contributed by atoms with Crippen molar-refractivity contribution in [3.05, 3.63) is 29.8 Å². The minimum Gasteiger partial charge on any atom is -0.447 e. The molecule has 102 valence electrons. The molecule has 0 aliphatic carbocycles. The average Bonchev–Trinajstić information content (AvgIpc) is 2.82. The zero-order chi connectivity index (χ0) is 13.2. The number of carbonyl (C=O) groups excluding carboxylic acids is 1. The highest BCUT2D eigenvalue weighted by Gasteiger charge is 2.40. The number of amides is 1. The Hall–Kier alpha value is -1.55. The van der Waals surface area contributed by atoms with Crippen LogP contribution in [0.2, 0.25) is 0 Å². The van der Waals surface area contributed by atoms with Gasteiger partial charge in [0.05, 0.1) is 11.7 Å². The predicted octanol–water partition coefficient (Wildman–Crippen LogP) is 2.32. The zero-order valence-electron chi connectivity index (χ0n) is 11.3. The van der Waals surface area contributed by atoms with Crippen LogP contribution in [0.25, 0.3) is 0 Å². The van der Waals surface area contributed by atoms with Crippen molar-refractivity contribution in [2.45, 2.75) is 25.8 Å². The van der Waals surface area contributed by atoms with Crippen molar-refractivity contribution in [3.8, 4) is 0 Å². The quantitative estimate of drug-likeness (QED) is 0.887.